The molecule has 0 aromatic heterocycles. The Balaban J connectivity index is 2.06. The molecular formula is C16H18FNO5S. The minimum atomic E-state index is -3.48. The lowest BCUT2D eigenvalue weighted by molar-refractivity contribution is 0.105. The summed E-state index contributed by atoms with van der Waals surface area (Å²) in [5.41, 5.74) is 0.697. The van der Waals surface area contributed by atoms with E-state index in [4.69, 9.17) is 9.84 Å². The molecule has 3 N–H and O–H groups in total. The standard InChI is InChI=1S/C16H18FNO5S/c1-24(21,22)14-6-7-16(15(17)8-14)23-13-4-2-11(3-5-13)18-9-12(20)10-19/h2-8,12,18-20H,9-10H2,1H3. The van der Waals surface area contributed by atoms with E-state index in [2.05, 4.69) is 5.32 Å². The van der Waals surface area contributed by atoms with Crippen LogP contribution in [0.1, 0.15) is 0 Å². The molecule has 2 aromatic carbocycles. The maximum atomic E-state index is 13.9. The molecule has 0 saturated carbocycles. The summed E-state index contributed by atoms with van der Waals surface area (Å²) in [4.78, 5) is -0.116. The molecule has 1 atom stereocenters. The highest BCUT2D eigenvalue weighted by atomic mass is 32.2. The van der Waals surface area contributed by atoms with Gasteiger partial charge in [0.2, 0.25) is 0 Å². The van der Waals surface area contributed by atoms with Crippen LogP contribution in [-0.2, 0) is 9.84 Å². The average molecular weight is 355 g/mol. The minimum Gasteiger partial charge on any atom is -0.454 e. The van der Waals surface area contributed by atoms with E-state index in [-0.39, 0.29) is 23.8 Å². The van der Waals surface area contributed by atoms with Crippen LogP contribution in [0.5, 0.6) is 11.5 Å². The van der Waals surface area contributed by atoms with Crippen LogP contribution in [0.25, 0.3) is 0 Å². The number of hydrogen-bond acceptors (Lipinski definition) is 6. The first-order valence-electron chi connectivity index (χ1n) is 7.10. The third-order valence-corrected chi connectivity index (χ3v) is 4.28. The Morgan fingerprint density at radius 3 is 2.42 bits per heavy atom. The summed E-state index contributed by atoms with van der Waals surface area (Å²) in [5, 5.41) is 20.9. The Labute approximate surface area is 139 Å². The fourth-order valence-electron chi connectivity index (χ4n) is 1.86. The SMILES string of the molecule is CS(=O)(=O)c1ccc(Oc2ccc(NCC(O)CO)cc2)c(F)c1. The van der Waals surface area contributed by atoms with Crippen molar-refractivity contribution in [2.75, 3.05) is 24.7 Å². The molecule has 0 amide bonds. The van der Waals surface area contributed by atoms with Gasteiger partial charge in [-0.2, -0.15) is 0 Å². The highest BCUT2D eigenvalue weighted by Gasteiger charge is 2.12. The van der Waals surface area contributed by atoms with Gasteiger partial charge in [-0.3, -0.25) is 0 Å². The Bertz CT molecular complexity index is 793. The molecule has 0 radical (unpaired) electrons. The van der Waals surface area contributed by atoms with Crippen LogP contribution in [0.15, 0.2) is 47.4 Å². The summed E-state index contributed by atoms with van der Waals surface area (Å²) >= 11 is 0. The van der Waals surface area contributed by atoms with Crippen LogP contribution in [0.2, 0.25) is 0 Å². The Morgan fingerprint density at radius 2 is 1.88 bits per heavy atom. The lowest BCUT2D eigenvalue weighted by atomic mass is 10.2. The number of aliphatic hydroxyl groups is 2. The van der Waals surface area contributed by atoms with Crippen LogP contribution in [-0.4, -0.2) is 44.1 Å². The van der Waals surface area contributed by atoms with Gasteiger partial charge in [0.05, 0.1) is 17.6 Å². The second-order valence-electron chi connectivity index (χ2n) is 5.21. The number of rotatable bonds is 7. The lowest BCUT2D eigenvalue weighted by Gasteiger charge is -2.11. The summed E-state index contributed by atoms with van der Waals surface area (Å²) < 4.78 is 42.1. The van der Waals surface area contributed by atoms with Gasteiger partial charge in [-0.15, -0.1) is 0 Å². The third kappa shape index (κ3) is 4.92. The molecule has 0 heterocycles. The van der Waals surface area contributed by atoms with Gasteiger partial charge in [-0.1, -0.05) is 0 Å². The molecule has 2 aromatic rings. The van der Waals surface area contributed by atoms with Crippen molar-refractivity contribution in [3.05, 3.63) is 48.3 Å². The average Bonchev–Trinajstić information content (AvgIpc) is 2.54. The van der Waals surface area contributed by atoms with Crippen molar-refractivity contribution in [3.63, 3.8) is 0 Å². The molecule has 0 aliphatic carbocycles. The Kier molecular flexibility index (Phi) is 5.76. The number of nitrogens with one attached hydrogen (secondary N) is 1. The number of anilines is 1. The van der Waals surface area contributed by atoms with E-state index >= 15 is 0 Å². The molecule has 0 fully saturated rings. The zero-order valence-electron chi connectivity index (χ0n) is 12.9. The molecule has 6 nitrogen and oxygen atoms in total. The van der Waals surface area contributed by atoms with Crippen molar-refractivity contribution in [1.29, 1.82) is 0 Å². The predicted molar refractivity (Wildman–Crippen MR) is 87.6 cm³/mol. The molecule has 0 bridgehead atoms. The molecule has 0 spiro atoms. The smallest absolute Gasteiger partial charge is 0.175 e. The normalized spacial score (nSPS) is 12.7. The zero-order chi connectivity index (χ0) is 17.7. The second-order valence-corrected chi connectivity index (χ2v) is 7.22. The van der Waals surface area contributed by atoms with E-state index in [0.717, 1.165) is 12.3 Å². The molecule has 0 saturated heterocycles. The highest BCUT2D eigenvalue weighted by Crippen LogP contribution is 2.27. The molecule has 24 heavy (non-hydrogen) atoms. The first-order valence-corrected chi connectivity index (χ1v) is 8.99. The van der Waals surface area contributed by atoms with Crippen LogP contribution in [0, 0.1) is 5.82 Å². The lowest BCUT2D eigenvalue weighted by Crippen LogP contribution is -2.22. The van der Waals surface area contributed by atoms with Crippen LogP contribution >= 0.6 is 0 Å². The van der Waals surface area contributed by atoms with Gasteiger partial charge in [-0.05, 0) is 42.5 Å². The molecule has 0 aliphatic heterocycles. The van der Waals surface area contributed by atoms with Gasteiger partial charge >= 0.3 is 0 Å². The van der Waals surface area contributed by atoms with Crippen molar-refractivity contribution in [2.24, 2.45) is 0 Å². The third-order valence-electron chi connectivity index (χ3n) is 3.17. The number of aliphatic hydroxyl groups excluding tert-OH is 2. The first kappa shape index (κ1) is 18.2. The van der Waals surface area contributed by atoms with Crippen molar-refractivity contribution in [1.82, 2.24) is 0 Å². The minimum absolute atomic E-state index is 0.0844. The summed E-state index contributed by atoms with van der Waals surface area (Å²) in [7, 11) is -3.48. The Morgan fingerprint density at radius 1 is 1.21 bits per heavy atom. The van der Waals surface area contributed by atoms with Crippen molar-refractivity contribution in [3.8, 4) is 11.5 Å². The first-order chi connectivity index (χ1) is 11.3. The number of benzene rings is 2. The van der Waals surface area contributed by atoms with Gasteiger partial charge in [0.25, 0.3) is 0 Å². The number of halogens is 1. The van der Waals surface area contributed by atoms with Crippen LogP contribution in [0.4, 0.5) is 10.1 Å². The summed E-state index contributed by atoms with van der Waals surface area (Å²) in [6.45, 7) is -0.144. The summed E-state index contributed by atoms with van der Waals surface area (Å²) in [6.07, 6.45) is 0.144. The van der Waals surface area contributed by atoms with Gasteiger partial charge in [0.15, 0.2) is 21.4 Å². The summed E-state index contributed by atoms with van der Waals surface area (Å²) in [6, 6.07) is 9.98. The van der Waals surface area contributed by atoms with E-state index in [0.29, 0.717) is 11.4 Å². The van der Waals surface area contributed by atoms with Crippen LogP contribution in [0.3, 0.4) is 0 Å². The molecule has 1 unspecified atom stereocenters. The highest BCUT2D eigenvalue weighted by molar-refractivity contribution is 7.90. The molecular weight excluding hydrogens is 337 g/mol. The van der Waals surface area contributed by atoms with Crippen LogP contribution < -0.4 is 10.1 Å². The zero-order valence-corrected chi connectivity index (χ0v) is 13.8. The van der Waals surface area contributed by atoms with Gasteiger partial charge in [0.1, 0.15) is 5.75 Å². The van der Waals surface area contributed by atoms with E-state index in [9.17, 15) is 17.9 Å². The predicted octanol–water partition coefficient (Wildman–Crippen LogP) is 1.79. The topological polar surface area (TPSA) is 95.9 Å². The van der Waals surface area contributed by atoms with E-state index in [1.54, 1.807) is 24.3 Å². The van der Waals surface area contributed by atoms with Gasteiger partial charge < -0.3 is 20.3 Å². The van der Waals surface area contributed by atoms with Gasteiger partial charge in [-0.25, -0.2) is 12.8 Å². The fourth-order valence-corrected chi connectivity index (χ4v) is 2.50. The van der Waals surface area contributed by atoms with E-state index < -0.39 is 21.8 Å². The van der Waals surface area contributed by atoms with E-state index in [1.165, 1.54) is 12.1 Å². The second kappa shape index (κ2) is 7.61. The van der Waals surface area contributed by atoms with E-state index in [1.807, 2.05) is 0 Å². The van der Waals surface area contributed by atoms with Crippen molar-refractivity contribution in [2.45, 2.75) is 11.0 Å². The number of sulfone groups is 1. The maximum absolute atomic E-state index is 13.9. The molecule has 130 valence electrons. The quantitative estimate of drug-likeness (QED) is 0.701. The van der Waals surface area contributed by atoms with Crippen molar-refractivity contribution >= 4 is 15.5 Å². The monoisotopic (exact) mass is 355 g/mol. The molecule has 0 aliphatic rings. The van der Waals surface area contributed by atoms with Gasteiger partial charge in [0, 0.05) is 18.5 Å². The fraction of sp³-hybridized carbons (Fsp3) is 0.250. The number of hydrogen-bond donors (Lipinski definition) is 3. The maximum Gasteiger partial charge on any atom is 0.175 e. The number of ether oxygens (including phenoxy) is 1. The molecule has 8 heteroatoms. The largest absolute Gasteiger partial charge is 0.454 e. The molecule has 2 rings (SSSR count). The summed E-state index contributed by atoms with van der Waals surface area (Å²) in [5.74, 6) is -0.487. The Hall–Kier alpha value is -2.16. The van der Waals surface area contributed by atoms with Crippen molar-refractivity contribution < 1.29 is 27.8 Å².